The fourth-order valence-electron chi connectivity index (χ4n) is 2.33. The maximum atomic E-state index is 13.4. The number of nitrogens with zero attached hydrogens (tertiary/aromatic N) is 2. The van der Waals surface area contributed by atoms with Gasteiger partial charge in [0.25, 0.3) is 5.91 Å². The number of nitrogens with one attached hydrogen (secondary N) is 1. The zero-order valence-electron chi connectivity index (χ0n) is 15.8. The number of anilines is 1. The van der Waals surface area contributed by atoms with Crippen molar-refractivity contribution < 1.29 is 18.7 Å². The van der Waals surface area contributed by atoms with Crippen molar-refractivity contribution in [2.45, 2.75) is 32.4 Å². The topological polar surface area (TPSA) is 99.2 Å². The summed E-state index contributed by atoms with van der Waals surface area (Å²) in [4.78, 5) is 24.6. The van der Waals surface area contributed by atoms with Crippen LogP contribution in [0.25, 0.3) is 0 Å². The number of benzene rings is 1. The van der Waals surface area contributed by atoms with Crippen molar-refractivity contribution in [2.75, 3.05) is 11.9 Å². The number of aromatic nitrogens is 2. The van der Waals surface area contributed by atoms with Gasteiger partial charge in [-0.2, -0.15) is 5.10 Å². The lowest BCUT2D eigenvalue weighted by Crippen LogP contribution is -2.31. The van der Waals surface area contributed by atoms with Gasteiger partial charge in [0.1, 0.15) is 5.60 Å². The summed E-state index contributed by atoms with van der Waals surface area (Å²) in [7, 11) is 0. The number of amides is 1. The van der Waals surface area contributed by atoms with Crippen molar-refractivity contribution in [2.24, 2.45) is 5.73 Å². The quantitative estimate of drug-likeness (QED) is 0.563. The van der Waals surface area contributed by atoms with Crippen molar-refractivity contribution in [1.82, 2.24) is 9.78 Å². The number of carbonyl (C=O) groups excluding carboxylic acids is 2. The molecule has 1 amide bonds. The highest BCUT2D eigenvalue weighted by atomic mass is 35.5. The van der Waals surface area contributed by atoms with Crippen LogP contribution in [0, 0.1) is 0 Å². The lowest BCUT2D eigenvalue weighted by Gasteiger charge is -2.23. The summed E-state index contributed by atoms with van der Waals surface area (Å²) in [5, 5.41) is 7.29. The van der Waals surface area contributed by atoms with Crippen molar-refractivity contribution in [3.05, 3.63) is 59.1 Å². The third-order valence-corrected chi connectivity index (χ3v) is 3.87. The van der Waals surface area contributed by atoms with Crippen LogP contribution < -0.4 is 11.1 Å². The number of ether oxygens (including phenoxy) is 1. The molecule has 0 aliphatic heterocycles. The predicted octanol–water partition coefficient (Wildman–Crippen LogP) is 3.48. The molecule has 2 aromatic rings. The molecule has 2 rings (SSSR count). The van der Waals surface area contributed by atoms with E-state index in [1.165, 1.54) is 17.1 Å². The number of hydrogen-bond acceptors (Lipinski definition) is 5. The zero-order valence-corrected chi connectivity index (χ0v) is 16.5. The number of halogens is 2. The van der Waals surface area contributed by atoms with Gasteiger partial charge in [-0.3, -0.25) is 9.48 Å². The molecular weight excluding hydrogens is 387 g/mol. The van der Waals surface area contributed by atoms with Gasteiger partial charge in [-0.25, -0.2) is 9.18 Å². The summed E-state index contributed by atoms with van der Waals surface area (Å²) in [6.45, 7) is 4.90. The lowest BCUT2D eigenvalue weighted by atomic mass is 10.1. The Morgan fingerprint density at radius 3 is 2.54 bits per heavy atom. The number of nitrogens with two attached hydrogens (primary N) is 1. The third kappa shape index (κ3) is 5.64. The van der Waals surface area contributed by atoms with Crippen molar-refractivity contribution >= 4 is 29.2 Å². The molecule has 1 aromatic carbocycles. The molecule has 3 N–H and O–H groups in total. The molecule has 7 nitrogen and oxygen atoms in total. The van der Waals surface area contributed by atoms with Crippen LogP contribution in [0.2, 0.25) is 5.02 Å². The second kappa shape index (κ2) is 8.99. The van der Waals surface area contributed by atoms with E-state index < -0.39 is 23.5 Å². The summed E-state index contributed by atoms with van der Waals surface area (Å²) in [5.74, 6) is -1.26. The van der Waals surface area contributed by atoms with Gasteiger partial charge in [0.2, 0.25) is 0 Å². The van der Waals surface area contributed by atoms with Crippen LogP contribution in [0.5, 0.6) is 0 Å². The number of hydrogen-bond donors (Lipinski definition) is 2. The van der Waals surface area contributed by atoms with Gasteiger partial charge >= 0.3 is 5.97 Å². The minimum atomic E-state index is -0.920. The second-order valence-electron chi connectivity index (χ2n) is 6.99. The Balaban J connectivity index is 2.18. The molecular formula is C19H22ClFN4O3. The highest BCUT2D eigenvalue weighted by Crippen LogP contribution is 2.22. The first-order valence-electron chi connectivity index (χ1n) is 8.49. The van der Waals surface area contributed by atoms with Gasteiger partial charge in [0.15, 0.2) is 0 Å². The molecule has 0 radical (unpaired) electrons. The molecule has 9 heteroatoms. The number of rotatable bonds is 6. The molecule has 28 heavy (non-hydrogen) atoms. The largest absolute Gasteiger partial charge is 0.456 e. The van der Waals surface area contributed by atoms with Gasteiger partial charge in [-0.05, 0) is 45.0 Å². The van der Waals surface area contributed by atoms with Crippen molar-refractivity contribution in [3.63, 3.8) is 0 Å². The maximum Gasteiger partial charge on any atom is 0.339 e. The molecule has 0 spiro atoms. The molecule has 0 saturated carbocycles. The van der Waals surface area contributed by atoms with Crippen LogP contribution in [0.1, 0.15) is 37.2 Å². The Hall–Kier alpha value is -2.71. The molecule has 0 saturated heterocycles. The predicted molar refractivity (Wildman–Crippen MR) is 105 cm³/mol. The standard InChI is InChI=1S/C19H22ClFN4O3/c1-19(2,3)28-18(27)15(8-21)16(9-22)25-11-12(10-23-25)17(26)24-14-6-4-13(20)5-7-14/h4-8,10-11,16H,9,22H2,1-3H3,(H,24,26). The molecule has 0 fully saturated rings. The normalized spacial score (nSPS) is 13.1. The van der Waals surface area contributed by atoms with E-state index in [2.05, 4.69) is 10.4 Å². The highest BCUT2D eigenvalue weighted by molar-refractivity contribution is 6.30. The van der Waals surface area contributed by atoms with Crippen LogP contribution in [-0.4, -0.2) is 33.8 Å². The number of esters is 1. The minimum absolute atomic E-state index is 0.116. The zero-order chi connectivity index (χ0) is 20.9. The van der Waals surface area contributed by atoms with E-state index in [1.807, 2.05) is 0 Å². The van der Waals surface area contributed by atoms with Gasteiger partial charge in [0.05, 0.1) is 29.7 Å². The molecule has 1 heterocycles. The fourth-order valence-corrected chi connectivity index (χ4v) is 2.46. The van der Waals surface area contributed by atoms with E-state index in [0.29, 0.717) is 10.7 Å². The number of carbonyl (C=O) groups is 2. The molecule has 1 atom stereocenters. The Labute approximate surface area is 167 Å². The van der Waals surface area contributed by atoms with Crippen LogP contribution in [0.4, 0.5) is 10.1 Å². The van der Waals surface area contributed by atoms with Crippen molar-refractivity contribution in [3.8, 4) is 0 Å². The average molecular weight is 409 g/mol. The molecule has 0 aliphatic carbocycles. The van der Waals surface area contributed by atoms with E-state index in [-0.39, 0.29) is 24.0 Å². The minimum Gasteiger partial charge on any atom is -0.456 e. The summed E-state index contributed by atoms with van der Waals surface area (Å²) in [5.41, 5.74) is 5.41. The molecule has 0 aliphatic rings. The summed E-state index contributed by atoms with van der Waals surface area (Å²) in [6.07, 6.45) is 2.84. The molecule has 1 unspecified atom stereocenters. The Morgan fingerprint density at radius 2 is 2.00 bits per heavy atom. The van der Waals surface area contributed by atoms with Gasteiger partial charge < -0.3 is 15.8 Å². The summed E-state index contributed by atoms with van der Waals surface area (Å²) in [6, 6.07) is 5.67. The third-order valence-electron chi connectivity index (χ3n) is 3.62. The Bertz CT molecular complexity index is 872. The van der Waals surface area contributed by atoms with Crippen LogP contribution in [0.15, 0.2) is 48.6 Å². The van der Waals surface area contributed by atoms with E-state index >= 15 is 0 Å². The van der Waals surface area contributed by atoms with E-state index in [1.54, 1.807) is 45.0 Å². The summed E-state index contributed by atoms with van der Waals surface area (Å²) >= 11 is 5.82. The first kappa shape index (κ1) is 21.6. The van der Waals surface area contributed by atoms with Crippen molar-refractivity contribution in [1.29, 1.82) is 0 Å². The van der Waals surface area contributed by atoms with Gasteiger partial charge in [0, 0.05) is 23.5 Å². The smallest absolute Gasteiger partial charge is 0.339 e. The monoisotopic (exact) mass is 408 g/mol. The lowest BCUT2D eigenvalue weighted by molar-refractivity contribution is -0.150. The van der Waals surface area contributed by atoms with E-state index in [4.69, 9.17) is 22.1 Å². The summed E-state index contributed by atoms with van der Waals surface area (Å²) < 4.78 is 19.9. The van der Waals surface area contributed by atoms with Crippen LogP contribution >= 0.6 is 11.6 Å². The fraction of sp³-hybridized carbons (Fsp3) is 0.316. The van der Waals surface area contributed by atoms with E-state index in [0.717, 1.165) is 0 Å². The first-order valence-corrected chi connectivity index (χ1v) is 8.87. The maximum absolute atomic E-state index is 13.4. The molecule has 1 aromatic heterocycles. The van der Waals surface area contributed by atoms with Gasteiger partial charge in [-0.1, -0.05) is 11.6 Å². The first-order chi connectivity index (χ1) is 13.1. The Kier molecular flexibility index (Phi) is 6.93. The average Bonchev–Trinajstić information content (AvgIpc) is 3.09. The Morgan fingerprint density at radius 1 is 1.36 bits per heavy atom. The van der Waals surface area contributed by atoms with E-state index in [9.17, 15) is 14.0 Å². The second-order valence-corrected chi connectivity index (χ2v) is 7.42. The van der Waals surface area contributed by atoms with Crippen LogP contribution in [-0.2, 0) is 9.53 Å². The van der Waals surface area contributed by atoms with Crippen LogP contribution in [0.3, 0.4) is 0 Å². The SMILES string of the molecule is CC(C)(C)OC(=O)C(=CF)C(CN)n1cc(C(=O)Nc2ccc(Cl)cc2)cn1. The highest BCUT2D eigenvalue weighted by Gasteiger charge is 2.28. The molecule has 0 bridgehead atoms. The molecule has 150 valence electrons. The van der Waals surface area contributed by atoms with Gasteiger partial charge in [-0.15, -0.1) is 0 Å².